The van der Waals surface area contributed by atoms with Crippen LogP contribution in [0.2, 0.25) is 5.02 Å². The van der Waals surface area contributed by atoms with Gasteiger partial charge in [-0.2, -0.15) is 18.5 Å². The normalized spacial score (nSPS) is 14.0. The number of urea groups is 1. The van der Waals surface area contributed by atoms with Crippen molar-refractivity contribution in [1.29, 1.82) is 0 Å². The zero-order valence-corrected chi connectivity index (χ0v) is 11.5. The Labute approximate surface area is 127 Å². The number of hydrogen-bond donors (Lipinski definition) is 1. The second-order valence-corrected chi connectivity index (χ2v) is 5.00. The van der Waals surface area contributed by atoms with Crippen LogP contribution >= 0.6 is 11.6 Å². The third-order valence-corrected chi connectivity index (χ3v) is 3.36. The predicted octanol–water partition coefficient (Wildman–Crippen LogP) is 4.57. The Balaban J connectivity index is 2.11. The van der Waals surface area contributed by atoms with Gasteiger partial charge in [0.2, 0.25) is 0 Å². The first-order chi connectivity index (χ1) is 10.3. The lowest BCUT2D eigenvalue weighted by Gasteiger charge is -2.17. The molecule has 0 saturated carbocycles. The highest BCUT2D eigenvalue weighted by molar-refractivity contribution is 6.31. The SMILES string of the molecule is O=C1[N]c2cc(C(F)(F)F)ccc2N1c1cc(Cl)ccc1O. The van der Waals surface area contributed by atoms with E-state index in [0.29, 0.717) is 0 Å². The topological polar surface area (TPSA) is 54.6 Å². The summed E-state index contributed by atoms with van der Waals surface area (Å²) in [7, 11) is 0. The summed E-state index contributed by atoms with van der Waals surface area (Å²) in [5.41, 5.74) is -0.811. The number of anilines is 2. The number of fused-ring (bicyclic) bond motifs is 1. The number of carbonyl (C=O) groups excluding carboxylic acids is 1. The highest BCUT2D eigenvalue weighted by atomic mass is 35.5. The second-order valence-electron chi connectivity index (χ2n) is 4.56. The van der Waals surface area contributed by atoms with Crippen molar-refractivity contribution in [1.82, 2.24) is 5.32 Å². The molecule has 1 N–H and O–H groups in total. The van der Waals surface area contributed by atoms with Gasteiger partial charge in [0.05, 0.1) is 22.6 Å². The van der Waals surface area contributed by atoms with Gasteiger partial charge in [0.1, 0.15) is 5.75 Å². The van der Waals surface area contributed by atoms with Crippen LogP contribution in [0.15, 0.2) is 36.4 Å². The van der Waals surface area contributed by atoms with Crippen molar-refractivity contribution in [2.24, 2.45) is 0 Å². The van der Waals surface area contributed by atoms with Crippen molar-refractivity contribution in [3.05, 3.63) is 47.0 Å². The molecule has 2 aromatic rings. The summed E-state index contributed by atoms with van der Waals surface area (Å²) in [6, 6.07) is 6.01. The number of phenolic OH excluding ortho intramolecular Hbond substituents is 1. The molecule has 1 aliphatic heterocycles. The Morgan fingerprint density at radius 1 is 1.09 bits per heavy atom. The minimum atomic E-state index is -4.53. The van der Waals surface area contributed by atoms with E-state index in [1.54, 1.807) is 0 Å². The Kier molecular flexibility index (Phi) is 3.17. The number of amides is 2. The number of hydrogen-bond acceptors (Lipinski definition) is 2. The summed E-state index contributed by atoms with van der Waals surface area (Å²) in [4.78, 5) is 13.0. The Morgan fingerprint density at radius 3 is 2.50 bits per heavy atom. The number of phenols is 1. The van der Waals surface area contributed by atoms with Crippen molar-refractivity contribution in [2.75, 3.05) is 4.90 Å². The van der Waals surface area contributed by atoms with Gasteiger partial charge in [-0.05, 0) is 36.4 Å². The van der Waals surface area contributed by atoms with Crippen LogP contribution in [0.25, 0.3) is 0 Å². The average molecular weight is 328 g/mol. The molecule has 2 aromatic carbocycles. The van der Waals surface area contributed by atoms with Crippen LogP contribution in [0.5, 0.6) is 5.75 Å². The number of carbonyl (C=O) groups is 1. The fraction of sp³-hybridized carbons (Fsp3) is 0.0714. The molecule has 8 heteroatoms. The molecule has 1 aliphatic rings. The van der Waals surface area contributed by atoms with E-state index in [1.165, 1.54) is 18.2 Å². The maximum absolute atomic E-state index is 12.7. The van der Waals surface area contributed by atoms with E-state index in [1.807, 2.05) is 0 Å². The van der Waals surface area contributed by atoms with Crippen LogP contribution in [0, 0.1) is 0 Å². The largest absolute Gasteiger partial charge is 0.506 e. The van der Waals surface area contributed by atoms with Crippen molar-refractivity contribution < 1.29 is 23.1 Å². The van der Waals surface area contributed by atoms with Crippen LogP contribution in [-0.2, 0) is 6.18 Å². The summed E-state index contributed by atoms with van der Waals surface area (Å²) in [5, 5.41) is 13.7. The molecule has 113 valence electrons. The highest BCUT2D eigenvalue weighted by Crippen LogP contribution is 2.44. The number of halogens is 4. The molecule has 3 rings (SSSR count). The Morgan fingerprint density at radius 2 is 1.82 bits per heavy atom. The molecule has 4 nitrogen and oxygen atoms in total. The van der Waals surface area contributed by atoms with Crippen LogP contribution < -0.4 is 10.2 Å². The molecule has 0 fully saturated rings. The maximum atomic E-state index is 12.7. The highest BCUT2D eigenvalue weighted by Gasteiger charge is 2.36. The lowest BCUT2D eigenvalue weighted by atomic mass is 10.1. The van der Waals surface area contributed by atoms with E-state index in [0.717, 1.165) is 23.1 Å². The molecular weight excluding hydrogens is 321 g/mol. The molecule has 0 aromatic heterocycles. The Hall–Kier alpha value is -2.41. The summed E-state index contributed by atoms with van der Waals surface area (Å²) >= 11 is 5.83. The quantitative estimate of drug-likeness (QED) is 0.834. The van der Waals surface area contributed by atoms with Gasteiger partial charge in [0.25, 0.3) is 0 Å². The fourth-order valence-electron chi connectivity index (χ4n) is 2.14. The van der Waals surface area contributed by atoms with Crippen LogP contribution in [-0.4, -0.2) is 11.1 Å². The number of rotatable bonds is 1. The zero-order chi connectivity index (χ0) is 16.1. The smallest absolute Gasteiger partial charge is 0.416 e. The lowest BCUT2D eigenvalue weighted by molar-refractivity contribution is -0.137. The number of nitrogens with zero attached hydrogens (tertiary/aromatic N) is 2. The van der Waals surface area contributed by atoms with Crippen molar-refractivity contribution in [3.63, 3.8) is 0 Å². The van der Waals surface area contributed by atoms with Gasteiger partial charge in [0, 0.05) is 5.02 Å². The van der Waals surface area contributed by atoms with E-state index >= 15 is 0 Å². The average Bonchev–Trinajstić information content (AvgIpc) is 2.75. The monoisotopic (exact) mass is 327 g/mol. The molecule has 0 bridgehead atoms. The molecule has 1 radical (unpaired) electrons. The van der Waals surface area contributed by atoms with Crippen LogP contribution in [0.4, 0.5) is 35.0 Å². The minimum absolute atomic E-state index is 0.0553. The third kappa shape index (κ3) is 2.33. The minimum Gasteiger partial charge on any atom is -0.506 e. The van der Waals surface area contributed by atoms with E-state index in [9.17, 15) is 23.1 Å². The third-order valence-electron chi connectivity index (χ3n) is 3.13. The molecular formula is C14H7ClF3N2O2. The molecule has 1 heterocycles. The van der Waals surface area contributed by atoms with Gasteiger partial charge in [-0.15, -0.1) is 0 Å². The standard InChI is InChI=1S/C14H7ClF3N2O2/c15-8-2-4-12(21)11(6-8)20-10-3-1-7(14(16,17)18)5-9(10)19-13(20)22/h1-6,21H. The fourth-order valence-corrected chi connectivity index (χ4v) is 2.31. The van der Waals surface area contributed by atoms with Gasteiger partial charge in [0.15, 0.2) is 0 Å². The van der Waals surface area contributed by atoms with Crippen LogP contribution in [0.1, 0.15) is 5.56 Å². The molecule has 0 spiro atoms. The van der Waals surface area contributed by atoms with E-state index in [-0.39, 0.29) is 27.8 Å². The van der Waals surface area contributed by atoms with Crippen molar-refractivity contribution in [3.8, 4) is 5.75 Å². The summed E-state index contributed by atoms with van der Waals surface area (Å²) in [6.07, 6.45) is -4.53. The van der Waals surface area contributed by atoms with Gasteiger partial charge >= 0.3 is 12.2 Å². The number of alkyl halides is 3. The molecule has 0 unspecified atom stereocenters. The first-order valence-corrected chi connectivity index (χ1v) is 6.41. The first-order valence-electron chi connectivity index (χ1n) is 6.03. The van der Waals surface area contributed by atoms with E-state index < -0.39 is 17.8 Å². The van der Waals surface area contributed by atoms with Gasteiger partial charge in [-0.3, -0.25) is 4.90 Å². The van der Waals surface area contributed by atoms with Gasteiger partial charge < -0.3 is 5.11 Å². The molecule has 22 heavy (non-hydrogen) atoms. The maximum Gasteiger partial charge on any atom is 0.416 e. The lowest BCUT2D eigenvalue weighted by Crippen LogP contribution is -2.22. The first kappa shape index (κ1) is 14.5. The molecule has 2 amide bonds. The molecule has 0 saturated heterocycles. The van der Waals surface area contributed by atoms with Gasteiger partial charge in [-0.1, -0.05) is 11.6 Å². The molecule has 0 atom stereocenters. The second kappa shape index (κ2) is 4.81. The summed E-state index contributed by atoms with van der Waals surface area (Å²) in [6.45, 7) is 0. The van der Waals surface area contributed by atoms with E-state index in [2.05, 4.69) is 5.32 Å². The number of benzene rings is 2. The van der Waals surface area contributed by atoms with Gasteiger partial charge in [-0.25, -0.2) is 4.79 Å². The van der Waals surface area contributed by atoms with Crippen molar-refractivity contribution in [2.45, 2.75) is 6.18 Å². The summed E-state index contributed by atoms with van der Waals surface area (Å²) < 4.78 is 38.1. The van der Waals surface area contributed by atoms with Crippen LogP contribution in [0.3, 0.4) is 0 Å². The Bertz CT molecular complexity index is 777. The summed E-state index contributed by atoms with van der Waals surface area (Å²) in [5.74, 6) is -0.235. The molecule has 0 aliphatic carbocycles. The van der Waals surface area contributed by atoms with E-state index in [4.69, 9.17) is 11.6 Å². The predicted molar refractivity (Wildman–Crippen MR) is 73.9 cm³/mol. The number of aromatic hydroxyl groups is 1. The van der Waals surface area contributed by atoms with Crippen molar-refractivity contribution >= 4 is 34.7 Å². The zero-order valence-electron chi connectivity index (χ0n) is 10.7.